The van der Waals surface area contributed by atoms with Gasteiger partial charge in [-0.3, -0.25) is 0 Å². The lowest BCUT2D eigenvalue weighted by Gasteiger charge is -2.11. The second kappa shape index (κ2) is 5.43. The largest absolute Gasteiger partial charge is 0.383 e. The van der Waals surface area contributed by atoms with Crippen molar-refractivity contribution < 1.29 is 4.39 Å². The number of nitrogens with zero attached hydrogens (tertiary/aromatic N) is 2. The van der Waals surface area contributed by atoms with Gasteiger partial charge in [0.05, 0.1) is 0 Å². The molecule has 1 aromatic carbocycles. The summed E-state index contributed by atoms with van der Waals surface area (Å²) in [6.45, 7) is 7.09. The summed E-state index contributed by atoms with van der Waals surface area (Å²) in [6, 6.07) is 6.61. The number of rotatable bonds is 4. The Morgan fingerprint density at radius 1 is 1.32 bits per heavy atom. The first-order valence-electron chi connectivity index (χ1n) is 6.64. The van der Waals surface area contributed by atoms with Gasteiger partial charge in [-0.2, -0.15) is 0 Å². The molecule has 4 heteroatoms. The number of anilines is 1. The summed E-state index contributed by atoms with van der Waals surface area (Å²) in [7, 11) is 0. The molecular weight excluding hydrogens is 241 g/mol. The standard InChI is InChI=1S/C15H20FN3/c1-4-13-18-14(11-7-5-6-8-12(11)16)15(17)19(13)9-10(2)3/h5-8,10H,4,9,17H2,1-3H3. The first-order valence-corrected chi connectivity index (χ1v) is 6.64. The van der Waals surface area contributed by atoms with Crippen molar-refractivity contribution in [2.24, 2.45) is 5.92 Å². The summed E-state index contributed by atoms with van der Waals surface area (Å²) in [5.41, 5.74) is 7.18. The Balaban J connectivity index is 2.54. The summed E-state index contributed by atoms with van der Waals surface area (Å²) in [6.07, 6.45) is 0.783. The summed E-state index contributed by atoms with van der Waals surface area (Å²) < 4.78 is 15.9. The molecule has 1 aromatic heterocycles. The van der Waals surface area contributed by atoms with Crippen LogP contribution in [-0.4, -0.2) is 9.55 Å². The lowest BCUT2D eigenvalue weighted by molar-refractivity contribution is 0.513. The van der Waals surface area contributed by atoms with Gasteiger partial charge in [-0.05, 0) is 18.1 Å². The molecule has 0 atom stereocenters. The van der Waals surface area contributed by atoms with E-state index in [0.29, 0.717) is 23.0 Å². The third kappa shape index (κ3) is 2.62. The molecular formula is C15H20FN3. The van der Waals surface area contributed by atoms with Gasteiger partial charge in [-0.1, -0.05) is 32.9 Å². The van der Waals surface area contributed by atoms with E-state index in [0.717, 1.165) is 18.8 Å². The zero-order chi connectivity index (χ0) is 14.0. The van der Waals surface area contributed by atoms with Crippen LogP contribution in [0.3, 0.4) is 0 Å². The van der Waals surface area contributed by atoms with Crippen LogP contribution in [0, 0.1) is 11.7 Å². The van der Waals surface area contributed by atoms with E-state index in [-0.39, 0.29) is 5.82 Å². The van der Waals surface area contributed by atoms with Crippen LogP contribution in [-0.2, 0) is 13.0 Å². The molecule has 2 aromatic rings. The van der Waals surface area contributed by atoms with E-state index in [4.69, 9.17) is 5.73 Å². The van der Waals surface area contributed by atoms with Crippen LogP contribution in [0.25, 0.3) is 11.3 Å². The minimum Gasteiger partial charge on any atom is -0.383 e. The van der Waals surface area contributed by atoms with Crippen molar-refractivity contribution in [3.05, 3.63) is 35.9 Å². The molecule has 2 rings (SSSR count). The molecule has 1 heterocycles. The number of aromatic nitrogens is 2. The first kappa shape index (κ1) is 13.6. The number of imidazole rings is 1. The van der Waals surface area contributed by atoms with Gasteiger partial charge in [0, 0.05) is 18.5 Å². The number of hydrogen-bond donors (Lipinski definition) is 1. The smallest absolute Gasteiger partial charge is 0.132 e. The molecule has 0 fully saturated rings. The molecule has 0 unspecified atom stereocenters. The van der Waals surface area contributed by atoms with Gasteiger partial charge < -0.3 is 10.3 Å². The van der Waals surface area contributed by atoms with Crippen LogP contribution in [0.2, 0.25) is 0 Å². The van der Waals surface area contributed by atoms with E-state index < -0.39 is 0 Å². The fourth-order valence-corrected chi connectivity index (χ4v) is 2.20. The van der Waals surface area contributed by atoms with Crippen LogP contribution in [0.4, 0.5) is 10.2 Å². The van der Waals surface area contributed by atoms with Gasteiger partial charge in [0.2, 0.25) is 0 Å². The van der Waals surface area contributed by atoms with E-state index in [1.54, 1.807) is 18.2 Å². The van der Waals surface area contributed by atoms with Crippen molar-refractivity contribution in [2.75, 3.05) is 5.73 Å². The predicted molar refractivity (Wildman–Crippen MR) is 76.2 cm³/mol. The van der Waals surface area contributed by atoms with Gasteiger partial charge in [-0.15, -0.1) is 0 Å². The van der Waals surface area contributed by atoms with Crippen molar-refractivity contribution in [2.45, 2.75) is 33.7 Å². The second-order valence-electron chi connectivity index (χ2n) is 5.10. The molecule has 0 radical (unpaired) electrons. The third-order valence-corrected chi connectivity index (χ3v) is 3.08. The summed E-state index contributed by atoms with van der Waals surface area (Å²) in [4.78, 5) is 4.51. The van der Waals surface area contributed by atoms with Crippen LogP contribution >= 0.6 is 0 Å². The number of hydrogen-bond acceptors (Lipinski definition) is 2. The van der Waals surface area contributed by atoms with Crippen molar-refractivity contribution in [1.82, 2.24) is 9.55 Å². The van der Waals surface area contributed by atoms with Gasteiger partial charge >= 0.3 is 0 Å². The highest BCUT2D eigenvalue weighted by atomic mass is 19.1. The van der Waals surface area contributed by atoms with E-state index in [1.165, 1.54) is 6.07 Å². The Morgan fingerprint density at radius 2 is 2.00 bits per heavy atom. The van der Waals surface area contributed by atoms with Crippen molar-refractivity contribution >= 4 is 5.82 Å². The quantitative estimate of drug-likeness (QED) is 0.915. The molecule has 0 spiro atoms. The van der Waals surface area contributed by atoms with Crippen LogP contribution < -0.4 is 5.73 Å². The number of nitrogen functional groups attached to an aromatic ring is 1. The Labute approximate surface area is 113 Å². The van der Waals surface area contributed by atoms with E-state index in [9.17, 15) is 4.39 Å². The minimum atomic E-state index is -0.286. The Hall–Kier alpha value is -1.84. The summed E-state index contributed by atoms with van der Waals surface area (Å²) >= 11 is 0. The highest BCUT2D eigenvalue weighted by molar-refractivity contribution is 5.71. The third-order valence-electron chi connectivity index (χ3n) is 3.08. The number of halogens is 1. The summed E-state index contributed by atoms with van der Waals surface area (Å²) in [5, 5.41) is 0. The van der Waals surface area contributed by atoms with Gasteiger partial charge in [0.15, 0.2) is 0 Å². The maximum absolute atomic E-state index is 13.9. The first-order chi connectivity index (χ1) is 9.04. The lowest BCUT2D eigenvalue weighted by atomic mass is 10.1. The molecule has 0 aliphatic carbocycles. The van der Waals surface area contributed by atoms with Crippen molar-refractivity contribution in [3.63, 3.8) is 0 Å². The molecule has 0 aliphatic rings. The molecule has 102 valence electrons. The maximum atomic E-state index is 13.9. The molecule has 0 aliphatic heterocycles. The zero-order valence-corrected chi connectivity index (χ0v) is 11.7. The Kier molecular flexibility index (Phi) is 3.88. The van der Waals surface area contributed by atoms with Gasteiger partial charge in [0.25, 0.3) is 0 Å². The zero-order valence-electron chi connectivity index (χ0n) is 11.7. The number of aryl methyl sites for hydroxylation is 1. The Morgan fingerprint density at radius 3 is 2.58 bits per heavy atom. The molecule has 0 amide bonds. The topological polar surface area (TPSA) is 43.8 Å². The second-order valence-corrected chi connectivity index (χ2v) is 5.10. The highest BCUT2D eigenvalue weighted by Crippen LogP contribution is 2.29. The molecule has 0 saturated heterocycles. The Bertz CT molecular complexity index is 573. The highest BCUT2D eigenvalue weighted by Gasteiger charge is 2.17. The van der Waals surface area contributed by atoms with E-state index >= 15 is 0 Å². The molecule has 0 saturated carbocycles. The molecule has 19 heavy (non-hydrogen) atoms. The monoisotopic (exact) mass is 261 g/mol. The van der Waals surface area contributed by atoms with Crippen molar-refractivity contribution in [1.29, 1.82) is 0 Å². The summed E-state index contributed by atoms with van der Waals surface area (Å²) in [5.74, 6) is 1.64. The van der Waals surface area contributed by atoms with Crippen LogP contribution in [0.1, 0.15) is 26.6 Å². The minimum absolute atomic E-state index is 0.286. The van der Waals surface area contributed by atoms with Crippen molar-refractivity contribution in [3.8, 4) is 11.3 Å². The maximum Gasteiger partial charge on any atom is 0.132 e. The van der Waals surface area contributed by atoms with Gasteiger partial charge in [0.1, 0.15) is 23.2 Å². The van der Waals surface area contributed by atoms with Crippen LogP contribution in [0.15, 0.2) is 24.3 Å². The molecule has 2 N–H and O–H groups in total. The average Bonchev–Trinajstić information content (AvgIpc) is 2.67. The fraction of sp³-hybridized carbons (Fsp3) is 0.400. The molecule has 0 bridgehead atoms. The average molecular weight is 261 g/mol. The van der Waals surface area contributed by atoms with E-state index in [1.807, 2.05) is 11.5 Å². The fourth-order valence-electron chi connectivity index (χ4n) is 2.20. The lowest BCUT2D eigenvalue weighted by Crippen LogP contribution is -2.11. The number of benzene rings is 1. The SMILES string of the molecule is CCc1nc(-c2ccccc2F)c(N)n1CC(C)C. The van der Waals surface area contributed by atoms with Gasteiger partial charge in [-0.25, -0.2) is 9.37 Å². The molecule has 3 nitrogen and oxygen atoms in total. The predicted octanol–water partition coefficient (Wildman–Crippen LogP) is 3.49. The number of nitrogens with two attached hydrogens (primary N) is 1. The van der Waals surface area contributed by atoms with E-state index in [2.05, 4.69) is 18.8 Å². The van der Waals surface area contributed by atoms with Crippen LogP contribution in [0.5, 0.6) is 0 Å². The normalized spacial score (nSPS) is 11.2.